The van der Waals surface area contributed by atoms with E-state index in [9.17, 15) is 9.90 Å². The van der Waals surface area contributed by atoms with E-state index in [1.807, 2.05) is 36.4 Å². The van der Waals surface area contributed by atoms with E-state index in [0.29, 0.717) is 36.0 Å². The van der Waals surface area contributed by atoms with Crippen molar-refractivity contribution in [3.8, 4) is 23.0 Å². The molecule has 1 N–H and O–H groups in total. The van der Waals surface area contributed by atoms with Crippen molar-refractivity contribution in [2.45, 2.75) is 18.9 Å². The highest BCUT2D eigenvalue weighted by Crippen LogP contribution is 2.44. The minimum atomic E-state index is -0.770. The van der Waals surface area contributed by atoms with E-state index >= 15 is 0 Å². The van der Waals surface area contributed by atoms with Crippen LogP contribution in [0, 0.1) is 5.92 Å². The van der Waals surface area contributed by atoms with Crippen LogP contribution in [0.3, 0.4) is 0 Å². The van der Waals surface area contributed by atoms with Crippen molar-refractivity contribution in [1.29, 1.82) is 0 Å². The van der Waals surface area contributed by atoms with Crippen molar-refractivity contribution in [3.63, 3.8) is 0 Å². The molecule has 1 heterocycles. The molecule has 0 radical (unpaired) electrons. The lowest BCUT2D eigenvalue weighted by Crippen LogP contribution is -2.41. The SMILES string of the molecule is COc1ccc(OC)c(C(c2cccc(OC)c2OC)N2CCCC(C(=O)O)C2)c1. The van der Waals surface area contributed by atoms with Gasteiger partial charge in [0.25, 0.3) is 0 Å². The van der Waals surface area contributed by atoms with Gasteiger partial charge < -0.3 is 24.1 Å². The Morgan fingerprint density at radius 2 is 1.77 bits per heavy atom. The average molecular weight is 415 g/mol. The molecule has 2 aromatic rings. The van der Waals surface area contributed by atoms with Crippen LogP contribution in [0.15, 0.2) is 36.4 Å². The molecule has 0 spiro atoms. The van der Waals surface area contributed by atoms with Gasteiger partial charge in [-0.15, -0.1) is 0 Å². The molecule has 3 rings (SSSR count). The number of hydrogen-bond acceptors (Lipinski definition) is 6. The minimum Gasteiger partial charge on any atom is -0.497 e. The highest BCUT2D eigenvalue weighted by Gasteiger charge is 2.34. The second-order valence-electron chi connectivity index (χ2n) is 7.27. The normalized spacial score (nSPS) is 17.8. The molecule has 0 saturated carbocycles. The first-order valence-electron chi connectivity index (χ1n) is 9.93. The van der Waals surface area contributed by atoms with Crippen molar-refractivity contribution in [2.75, 3.05) is 41.5 Å². The van der Waals surface area contributed by atoms with Crippen LogP contribution in [0.2, 0.25) is 0 Å². The van der Waals surface area contributed by atoms with Crippen molar-refractivity contribution < 1.29 is 28.8 Å². The molecule has 1 saturated heterocycles. The lowest BCUT2D eigenvalue weighted by atomic mass is 9.90. The fourth-order valence-electron chi connectivity index (χ4n) is 4.18. The van der Waals surface area contributed by atoms with Gasteiger partial charge in [0, 0.05) is 17.7 Å². The largest absolute Gasteiger partial charge is 0.497 e. The zero-order valence-corrected chi connectivity index (χ0v) is 17.9. The molecule has 0 aliphatic carbocycles. The quantitative estimate of drug-likeness (QED) is 0.706. The third-order valence-corrected chi connectivity index (χ3v) is 5.63. The summed E-state index contributed by atoms with van der Waals surface area (Å²) < 4.78 is 22.4. The number of carbonyl (C=O) groups is 1. The number of rotatable bonds is 8. The Labute approximate surface area is 177 Å². The van der Waals surface area contributed by atoms with Gasteiger partial charge in [-0.2, -0.15) is 0 Å². The van der Waals surface area contributed by atoms with Crippen molar-refractivity contribution in [1.82, 2.24) is 4.90 Å². The molecule has 7 nitrogen and oxygen atoms in total. The molecule has 2 atom stereocenters. The molecule has 30 heavy (non-hydrogen) atoms. The van der Waals surface area contributed by atoms with Gasteiger partial charge in [0.2, 0.25) is 0 Å². The standard InChI is InChI=1S/C23H29NO6/c1-27-16-10-11-19(28-2)18(13-16)21(24-12-6-7-15(14-24)23(25)26)17-8-5-9-20(29-3)22(17)30-4/h5,8-11,13,15,21H,6-7,12,14H2,1-4H3,(H,25,26). The predicted octanol–water partition coefficient (Wildman–Crippen LogP) is 3.61. The third kappa shape index (κ3) is 4.31. The molecule has 2 aromatic carbocycles. The minimum absolute atomic E-state index is 0.290. The van der Waals surface area contributed by atoms with Gasteiger partial charge in [0.05, 0.1) is 40.4 Å². The van der Waals surface area contributed by atoms with Gasteiger partial charge in [-0.1, -0.05) is 12.1 Å². The van der Waals surface area contributed by atoms with Crippen molar-refractivity contribution in [3.05, 3.63) is 47.5 Å². The second kappa shape index (κ2) is 9.71. The molecular formula is C23H29NO6. The first-order chi connectivity index (χ1) is 14.5. The summed E-state index contributed by atoms with van der Waals surface area (Å²) in [5.41, 5.74) is 1.77. The molecule has 1 aliphatic rings. The number of hydrogen-bond donors (Lipinski definition) is 1. The number of piperidine rings is 1. The molecule has 1 fully saturated rings. The molecule has 1 aliphatic heterocycles. The number of aliphatic carboxylic acids is 1. The monoisotopic (exact) mass is 415 g/mol. The van der Waals surface area contributed by atoms with Crippen LogP contribution in [-0.2, 0) is 4.79 Å². The number of benzene rings is 2. The first kappa shape index (κ1) is 21.8. The van der Waals surface area contributed by atoms with Gasteiger partial charge in [0.15, 0.2) is 11.5 Å². The lowest BCUT2D eigenvalue weighted by Gasteiger charge is -2.38. The van der Waals surface area contributed by atoms with E-state index in [1.54, 1.807) is 28.4 Å². The Morgan fingerprint density at radius 3 is 2.40 bits per heavy atom. The van der Waals surface area contributed by atoms with Crippen LogP contribution in [0.5, 0.6) is 23.0 Å². The van der Waals surface area contributed by atoms with E-state index in [2.05, 4.69) is 4.90 Å². The summed E-state index contributed by atoms with van der Waals surface area (Å²) in [6.07, 6.45) is 1.47. The molecule has 7 heteroatoms. The number of likely N-dealkylation sites (tertiary alicyclic amines) is 1. The molecular weight excluding hydrogens is 386 g/mol. The van der Waals surface area contributed by atoms with Crippen LogP contribution >= 0.6 is 0 Å². The van der Waals surface area contributed by atoms with E-state index in [1.165, 1.54) is 0 Å². The van der Waals surface area contributed by atoms with E-state index in [0.717, 1.165) is 24.1 Å². The molecule has 0 bridgehead atoms. The number of para-hydroxylation sites is 1. The van der Waals surface area contributed by atoms with Crippen molar-refractivity contribution in [2.24, 2.45) is 5.92 Å². The van der Waals surface area contributed by atoms with Gasteiger partial charge in [-0.05, 0) is 43.7 Å². The van der Waals surface area contributed by atoms with Gasteiger partial charge in [-0.3, -0.25) is 9.69 Å². The maximum atomic E-state index is 11.7. The fourth-order valence-corrected chi connectivity index (χ4v) is 4.18. The number of methoxy groups -OCH3 is 4. The first-order valence-corrected chi connectivity index (χ1v) is 9.93. The maximum Gasteiger partial charge on any atom is 0.307 e. The lowest BCUT2D eigenvalue weighted by molar-refractivity contribution is -0.143. The highest BCUT2D eigenvalue weighted by molar-refractivity contribution is 5.70. The topological polar surface area (TPSA) is 77.5 Å². The molecule has 0 aromatic heterocycles. The summed E-state index contributed by atoms with van der Waals surface area (Å²) in [6.45, 7) is 1.19. The summed E-state index contributed by atoms with van der Waals surface area (Å²) in [5.74, 6) is 1.44. The molecule has 2 unspecified atom stereocenters. The zero-order chi connectivity index (χ0) is 21.7. The maximum absolute atomic E-state index is 11.7. The van der Waals surface area contributed by atoms with E-state index < -0.39 is 11.9 Å². The van der Waals surface area contributed by atoms with Crippen LogP contribution in [0.25, 0.3) is 0 Å². The summed E-state index contributed by atoms with van der Waals surface area (Å²) in [4.78, 5) is 13.9. The predicted molar refractivity (Wildman–Crippen MR) is 113 cm³/mol. The summed E-state index contributed by atoms with van der Waals surface area (Å²) in [7, 11) is 6.46. The van der Waals surface area contributed by atoms with Crippen LogP contribution in [0.4, 0.5) is 0 Å². The zero-order valence-electron chi connectivity index (χ0n) is 17.9. The van der Waals surface area contributed by atoms with E-state index in [4.69, 9.17) is 18.9 Å². The number of carboxylic acids is 1. The molecule has 0 amide bonds. The Hall–Kier alpha value is -2.93. The van der Waals surface area contributed by atoms with Gasteiger partial charge >= 0.3 is 5.97 Å². The Kier molecular flexibility index (Phi) is 7.05. The summed E-state index contributed by atoms with van der Waals surface area (Å²) in [6, 6.07) is 11.1. The number of ether oxygens (including phenoxy) is 4. The average Bonchev–Trinajstić information content (AvgIpc) is 2.79. The highest BCUT2D eigenvalue weighted by atomic mass is 16.5. The van der Waals surface area contributed by atoms with Crippen molar-refractivity contribution >= 4 is 5.97 Å². The Balaban J connectivity index is 2.20. The van der Waals surface area contributed by atoms with Gasteiger partial charge in [0.1, 0.15) is 11.5 Å². The van der Waals surface area contributed by atoms with Crippen LogP contribution in [-0.4, -0.2) is 57.5 Å². The summed E-state index contributed by atoms with van der Waals surface area (Å²) >= 11 is 0. The summed E-state index contributed by atoms with van der Waals surface area (Å²) in [5, 5.41) is 9.63. The van der Waals surface area contributed by atoms with Crippen LogP contribution in [0.1, 0.15) is 30.0 Å². The van der Waals surface area contributed by atoms with Crippen LogP contribution < -0.4 is 18.9 Å². The Bertz CT molecular complexity index is 882. The number of nitrogens with zero attached hydrogens (tertiary/aromatic N) is 1. The second-order valence-corrected chi connectivity index (χ2v) is 7.27. The van der Waals surface area contributed by atoms with E-state index in [-0.39, 0.29) is 6.04 Å². The molecule has 162 valence electrons. The number of carboxylic acid groups (broad SMARTS) is 1. The third-order valence-electron chi connectivity index (χ3n) is 5.63. The smallest absolute Gasteiger partial charge is 0.307 e. The fraction of sp³-hybridized carbons (Fsp3) is 0.435. The Morgan fingerprint density at radius 1 is 1.00 bits per heavy atom. The van der Waals surface area contributed by atoms with Gasteiger partial charge in [-0.25, -0.2) is 0 Å².